The standard InChI is InChI=1S/C22H16BClNO/c1-15-11-12-17(14-20(15)24)18-8-2-3-9-19(18)23-26-21-10-4-6-16-7-5-13-25-22(16)21/h2-14H,1H3. The van der Waals surface area contributed by atoms with E-state index in [0.717, 1.165) is 43.8 Å². The second-order valence-electron chi connectivity index (χ2n) is 6.12. The van der Waals surface area contributed by atoms with E-state index >= 15 is 0 Å². The number of hydrogen-bond donors (Lipinski definition) is 0. The molecule has 0 amide bonds. The predicted octanol–water partition coefficient (Wildman–Crippen LogP) is 5.19. The average Bonchev–Trinajstić information content (AvgIpc) is 2.69. The number of aromatic nitrogens is 1. The number of fused-ring (bicyclic) bond motifs is 1. The summed E-state index contributed by atoms with van der Waals surface area (Å²) in [6.07, 6.45) is 1.78. The van der Waals surface area contributed by atoms with Gasteiger partial charge in [-0.25, -0.2) is 0 Å². The first kappa shape index (κ1) is 16.7. The lowest BCUT2D eigenvalue weighted by atomic mass is 9.81. The van der Waals surface area contributed by atoms with Gasteiger partial charge < -0.3 is 4.65 Å². The van der Waals surface area contributed by atoms with Gasteiger partial charge in [0.05, 0.1) is 0 Å². The normalized spacial score (nSPS) is 10.7. The molecule has 4 heteroatoms. The molecule has 1 radical (unpaired) electrons. The van der Waals surface area contributed by atoms with Crippen LogP contribution in [0.1, 0.15) is 5.56 Å². The van der Waals surface area contributed by atoms with Gasteiger partial charge in [0.1, 0.15) is 11.3 Å². The van der Waals surface area contributed by atoms with E-state index in [-0.39, 0.29) is 0 Å². The van der Waals surface area contributed by atoms with Crippen molar-refractivity contribution in [1.82, 2.24) is 4.98 Å². The number of pyridine rings is 1. The van der Waals surface area contributed by atoms with E-state index < -0.39 is 0 Å². The first-order valence-electron chi connectivity index (χ1n) is 8.41. The number of aryl methyl sites for hydroxylation is 1. The van der Waals surface area contributed by atoms with Crippen LogP contribution >= 0.6 is 11.6 Å². The van der Waals surface area contributed by atoms with Crippen LogP contribution < -0.4 is 10.1 Å². The van der Waals surface area contributed by atoms with Crippen molar-refractivity contribution in [2.45, 2.75) is 6.92 Å². The highest BCUT2D eigenvalue weighted by molar-refractivity contribution is 6.50. The molecule has 0 aliphatic heterocycles. The molecular formula is C22H16BClNO. The third kappa shape index (κ3) is 3.31. The van der Waals surface area contributed by atoms with Crippen LogP contribution in [0.3, 0.4) is 0 Å². The average molecular weight is 357 g/mol. The Bertz CT molecular complexity index is 1080. The quantitative estimate of drug-likeness (QED) is 0.470. The summed E-state index contributed by atoms with van der Waals surface area (Å²) in [5.41, 5.74) is 5.03. The van der Waals surface area contributed by atoms with Gasteiger partial charge in [-0.15, -0.1) is 0 Å². The molecule has 0 aliphatic carbocycles. The Morgan fingerprint density at radius 1 is 0.923 bits per heavy atom. The van der Waals surface area contributed by atoms with Gasteiger partial charge in [-0.1, -0.05) is 66.2 Å². The molecule has 3 aromatic carbocycles. The molecule has 4 rings (SSSR count). The van der Waals surface area contributed by atoms with Gasteiger partial charge in [-0.05, 0) is 47.3 Å². The van der Waals surface area contributed by atoms with E-state index in [4.69, 9.17) is 16.3 Å². The molecule has 4 aromatic rings. The minimum absolute atomic E-state index is 0.736. The third-order valence-corrected chi connectivity index (χ3v) is 4.76. The molecule has 0 saturated heterocycles. The summed E-state index contributed by atoms with van der Waals surface area (Å²) in [4.78, 5) is 4.43. The highest BCUT2D eigenvalue weighted by atomic mass is 35.5. The molecule has 0 atom stereocenters. The Morgan fingerprint density at radius 2 is 1.77 bits per heavy atom. The summed E-state index contributed by atoms with van der Waals surface area (Å²) < 4.78 is 6.00. The number of hydrogen-bond acceptors (Lipinski definition) is 2. The first-order valence-corrected chi connectivity index (χ1v) is 8.79. The zero-order valence-corrected chi connectivity index (χ0v) is 15.1. The highest BCUT2D eigenvalue weighted by Gasteiger charge is 2.11. The fraction of sp³-hybridized carbons (Fsp3) is 0.0455. The molecule has 0 spiro atoms. The molecule has 0 aliphatic rings. The van der Waals surface area contributed by atoms with E-state index in [1.807, 2.05) is 67.6 Å². The fourth-order valence-corrected chi connectivity index (χ4v) is 3.10. The topological polar surface area (TPSA) is 22.1 Å². The Balaban J connectivity index is 1.66. The van der Waals surface area contributed by atoms with Crippen molar-refractivity contribution in [3.05, 3.63) is 89.6 Å². The fourth-order valence-electron chi connectivity index (χ4n) is 2.92. The molecule has 0 bridgehead atoms. The van der Waals surface area contributed by atoms with Gasteiger partial charge in [0.25, 0.3) is 0 Å². The van der Waals surface area contributed by atoms with Crippen molar-refractivity contribution in [2.75, 3.05) is 0 Å². The molecule has 1 heterocycles. The monoisotopic (exact) mass is 356 g/mol. The Hall–Kier alpha value is -2.78. The SMILES string of the molecule is Cc1ccc(-c2ccccc2[B]Oc2cccc3cccnc23)cc1Cl. The molecular weight excluding hydrogens is 341 g/mol. The molecule has 125 valence electrons. The molecule has 2 nitrogen and oxygen atoms in total. The van der Waals surface area contributed by atoms with Gasteiger partial charge in [0, 0.05) is 16.6 Å². The Morgan fingerprint density at radius 3 is 2.65 bits per heavy atom. The van der Waals surface area contributed by atoms with Crippen LogP contribution in [0.25, 0.3) is 22.0 Å². The maximum atomic E-state index is 6.30. The predicted molar refractivity (Wildman–Crippen MR) is 109 cm³/mol. The number of para-hydroxylation sites is 1. The lowest BCUT2D eigenvalue weighted by Gasteiger charge is -2.12. The van der Waals surface area contributed by atoms with Crippen LogP contribution in [-0.4, -0.2) is 12.5 Å². The minimum Gasteiger partial charge on any atom is -0.556 e. The lowest BCUT2D eigenvalue weighted by Crippen LogP contribution is -2.22. The van der Waals surface area contributed by atoms with Crippen LogP contribution in [0.15, 0.2) is 79.0 Å². The van der Waals surface area contributed by atoms with Crippen molar-refractivity contribution < 1.29 is 4.65 Å². The number of benzene rings is 3. The molecule has 0 unspecified atom stereocenters. The minimum atomic E-state index is 0.736. The van der Waals surface area contributed by atoms with E-state index in [9.17, 15) is 0 Å². The Labute approximate surface area is 158 Å². The summed E-state index contributed by atoms with van der Waals surface area (Å²) >= 11 is 6.30. The van der Waals surface area contributed by atoms with Crippen LogP contribution in [-0.2, 0) is 0 Å². The summed E-state index contributed by atoms with van der Waals surface area (Å²) in [5, 5.41) is 1.81. The molecule has 0 fully saturated rings. The zero-order valence-electron chi connectivity index (χ0n) is 14.3. The number of nitrogens with zero attached hydrogens (tertiary/aromatic N) is 1. The molecule has 0 saturated carbocycles. The van der Waals surface area contributed by atoms with Crippen LogP contribution in [0.4, 0.5) is 0 Å². The third-order valence-electron chi connectivity index (χ3n) is 4.35. The molecule has 1 aromatic heterocycles. The highest BCUT2D eigenvalue weighted by Crippen LogP contribution is 2.25. The van der Waals surface area contributed by atoms with E-state index in [0.29, 0.717) is 0 Å². The van der Waals surface area contributed by atoms with Gasteiger partial charge in [-0.3, -0.25) is 4.98 Å². The summed E-state index contributed by atoms with van der Waals surface area (Å²) in [7, 11) is 1.77. The van der Waals surface area contributed by atoms with Crippen molar-refractivity contribution in [3.8, 4) is 16.9 Å². The van der Waals surface area contributed by atoms with Gasteiger partial charge in [0.15, 0.2) is 0 Å². The van der Waals surface area contributed by atoms with E-state index in [2.05, 4.69) is 17.1 Å². The van der Waals surface area contributed by atoms with Crippen molar-refractivity contribution in [2.24, 2.45) is 0 Å². The largest absolute Gasteiger partial charge is 0.556 e. The number of halogens is 1. The second kappa shape index (κ2) is 7.23. The van der Waals surface area contributed by atoms with Crippen molar-refractivity contribution in [1.29, 1.82) is 0 Å². The molecule has 26 heavy (non-hydrogen) atoms. The zero-order chi connectivity index (χ0) is 17.9. The van der Waals surface area contributed by atoms with Crippen LogP contribution in [0.2, 0.25) is 5.02 Å². The smallest absolute Gasteiger partial charge is 0.409 e. The second-order valence-corrected chi connectivity index (χ2v) is 6.53. The maximum absolute atomic E-state index is 6.30. The Kier molecular flexibility index (Phi) is 4.64. The van der Waals surface area contributed by atoms with E-state index in [1.54, 1.807) is 13.7 Å². The summed E-state index contributed by atoms with van der Waals surface area (Å²) in [6.45, 7) is 2.00. The lowest BCUT2D eigenvalue weighted by molar-refractivity contribution is 0.610. The van der Waals surface area contributed by atoms with Crippen molar-refractivity contribution in [3.63, 3.8) is 0 Å². The van der Waals surface area contributed by atoms with Crippen LogP contribution in [0.5, 0.6) is 5.75 Å². The summed E-state index contributed by atoms with van der Waals surface area (Å²) in [6, 6.07) is 24.1. The first-order chi connectivity index (χ1) is 12.7. The maximum Gasteiger partial charge on any atom is 0.409 e. The van der Waals surface area contributed by atoms with Crippen LogP contribution in [0, 0.1) is 6.92 Å². The van der Waals surface area contributed by atoms with Gasteiger partial charge in [0.2, 0.25) is 0 Å². The van der Waals surface area contributed by atoms with Crippen molar-refractivity contribution >= 4 is 35.4 Å². The number of rotatable bonds is 4. The van der Waals surface area contributed by atoms with Gasteiger partial charge in [-0.2, -0.15) is 0 Å². The molecule has 0 N–H and O–H groups in total. The van der Waals surface area contributed by atoms with E-state index in [1.165, 1.54) is 0 Å². The van der Waals surface area contributed by atoms with Gasteiger partial charge >= 0.3 is 7.48 Å². The summed E-state index contributed by atoms with van der Waals surface area (Å²) in [5.74, 6) is 0.736.